The maximum atomic E-state index is 11.2. The van der Waals surface area contributed by atoms with Crippen LogP contribution in [0.5, 0.6) is 5.75 Å². The van der Waals surface area contributed by atoms with E-state index in [-0.39, 0.29) is 24.4 Å². The molecule has 0 saturated carbocycles. The molecule has 0 atom stereocenters. The van der Waals surface area contributed by atoms with E-state index in [9.17, 15) is 9.90 Å². The van der Waals surface area contributed by atoms with Crippen LogP contribution in [0.4, 0.5) is 0 Å². The minimum absolute atomic E-state index is 0. The van der Waals surface area contributed by atoms with Crippen molar-refractivity contribution in [1.82, 2.24) is 0 Å². The maximum Gasteiger partial charge on any atom is 1.00 e. The minimum atomic E-state index is -1.21. The van der Waals surface area contributed by atoms with Gasteiger partial charge in [-0.1, -0.05) is 6.07 Å². The van der Waals surface area contributed by atoms with E-state index >= 15 is 0 Å². The molecule has 0 spiro atoms. The third-order valence-electron chi connectivity index (χ3n) is 2.39. The Balaban J connectivity index is 0.00000180. The molecule has 0 aliphatic heterocycles. The number of ether oxygens (including phenoxy) is 1. The number of carbonyl (C=O) groups excluding carboxylic acids is 1. The quantitative estimate of drug-likeness (QED) is 0.545. The monoisotopic (exact) mass is 286 g/mol. The van der Waals surface area contributed by atoms with E-state index in [0.717, 1.165) is 5.75 Å². The molecule has 1 heterocycles. The zero-order valence-corrected chi connectivity index (χ0v) is 12.3. The van der Waals surface area contributed by atoms with Gasteiger partial charge >= 0.3 is 18.9 Å². The second kappa shape index (κ2) is 7.66. The summed E-state index contributed by atoms with van der Waals surface area (Å²) < 4.78 is 5.05. The number of hydrogen-bond donors (Lipinski definition) is 0. The summed E-state index contributed by atoms with van der Waals surface area (Å²) in [4.78, 5) is 11.8. The molecule has 19 heavy (non-hydrogen) atoms. The van der Waals surface area contributed by atoms with E-state index in [1.807, 2.05) is 16.8 Å². The summed E-state index contributed by atoms with van der Waals surface area (Å²) in [7, 11) is 1.45. The van der Waals surface area contributed by atoms with Gasteiger partial charge in [0.1, 0.15) is 5.75 Å². The predicted octanol–water partition coefficient (Wildman–Crippen LogP) is -0.584. The molecule has 1 aromatic heterocycles. The van der Waals surface area contributed by atoms with E-state index in [1.165, 1.54) is 24.4 Å². The molecule has 0 radical (unpaired) electrons. The fraction of sp³-hybridized carbons (Fsp3) is 0.154. The van der Waals surface area contributed by atoms with Gasteiger partial charge in [0.05, 0.1) is 18.6 Å². The van der Waals surface area contributed by atoms with Crippen LogP contribution < -0.4 is 28.7 Å². The molecule has 0 fully saturated rings. The smallest absolute Gasteiger partial charge is 0.545 e. The largest absolute Gasteiger partial charge is 1.00 e. The van der Waals surface area contributed by atoms with Gasteiger partial charge in [0.25, 0.3) is 0 Å². The SMILES string of the molecule is COc1cccc(SCc2ccsc2)c1C(=O)[O-].[Li+]. The van der Waals surface area contributed by atoms with Crippen LogP contribution in [-0.4, -0.2) is 13.1 Å². The molecule has 2 aromatic rings. The van der Waals surface area contributed by atoms with Gasteiger partial charge in [-0.05, 0) is 34.5 Å². The van der Waals surface area contributed by atoms with Crippen molar-refractivity contribution in [3.8, 4) is 5.75 Å². The van der Waals surface area contributed by atoms with Crippen LogP contribution in [0.15, 0.2) is 39.9 Å². The number of benzene rings is 1. The van der Waals surface area contributed by atoms with Crippen molar-refractivity contribution in [3.05, 3.63) is 46.2 Å². The number of thioether (sulfide) groups is 1. The number of rotatable bonds is 5. The zero-order valence-electron chi connectivity index (χ0n) is 10.7. The van der Waals surface area contributed by atoms with Crippen molar-refractivity contribution in [2.45, 2.75) is 10.6 Å². The summed E-state index contributed by atoms with van der Waals surface area (Å²) in [6, 6.07) is 7.20. The van der Waals surface area contributed by atoms with Crippen LogP contribution in [0.25, 0.3) is 0 Å². The number of aromatic carboxylic acids is 1. The van der Waals surface area contributed by atoms with Gasteiger partial charge < -0.3 is 14.6 Å². The van der Waals surface area contributed by atoms with Crippen molar-refractivity contribution in [2.24, 2.45) is 0 Å². The Bertz CT molecular complexity index is 541. The number of carboxylic acids is 1. The zero-order chi connectivity index (χ0) is 13.0. The van der Waals surface area contributed by atoms with E-state index in [2.05, 4.69) is 0 Å². The summed E-state index contributed by atoms with van der Waals surface area (Å²) in [5.74, 6) is -0.137. The number of hydrogen-bond acceptors (Lipinski definition) is 5. The first-order valence-corrected chi connectivity index (χ1v) is 7.17. The van der Waals surface area contributed by atoms with Gasteiger partial charge in [-0.15, -0.1) is 11.8 Å². The second-order valence-electron chi connectivity index (χ2n) is 3.54. The standard InChI is InChI=1S/C13H12O3S2.Li/c1-16-10-3-2-4-11(12(10)13(14)15)18-8-9-5-6-17-7-9;/h2-7H,8H2,1H3,(H,14,15);/q;+1/p-1. The molecule has 0 saturated heterocycles. The average Bonchev–Trinajstić information content (AvgIpc) is 2.88. The Kier molecular flexibility index (Phi) is 6.53. The van der Waals surface area contributed by atoms with Gasteiger partial charge in [-0.3, -0.25) is 0 Å². The van der Waals surface area contributed by atoms with Gasteiger partial charge in [-0.2, -0.15) is 11.3 Å². The molecule has 0 amide bonds. The average molecular weight is 286 g/mol. The molecule has 3 nitrogen and oxygen atoms in total. The Morgan fingerprint density at radius 2 is 2.21 bits per heavy atom. The van der Waals surface area contributed by atoms with Crippen LogP contribution in [0.2, 0.25) is 0 Å². The van der Waals surface area contributed by atoms with Crippen molar-refractivity contribution < 1.29 is 33.5 Å². The van der Waals surface area contributed by atoms with Crippen molar-refractivity contribution in [2.75, 3.05) is 7.11 Å². The van der Waals surface area contributed by atoms with E-state index in [4.69, 9.17) is 4.74 Å². The van der Waals surface area contributed by atoms with Crippen LogP contribution in [0, 0.1) is 0 Å². The summed E-state index contributed by atoms with van der Waals surface area (Å²) >= 11 is 3.09. The number of methoxy groups -OCH3 is 1. The Labute approximate surface area is 132 Å². The third kappa shape index (κ3) is 4.05. The third-order valence-corrected chi connectivity index (χ3v) is 4.25. The molecular weight excluding hydrogens is 275 g/mol. The summed E-state index contributed by atoms with van der Waals surface area (Å²) in [5.41, 5.74) is 1.30. The fourth-order valence-electron chi connectivity index (χ4n) is 1.54. The number of carboxylic acid groups (broad SMARTS) is 1. The van der Waals surface area contributed by atoms with Crippen LogP contribution in [0.1, 0.15) is 15.9 Å². The molecule has 6 heteroatoms. The molecule has 1 aromatic carbocycles. The van der Waals surface area contributed by atoms with Crippen molar-refractivity contribution >= 4 is 29.1 Å². The summed E-state index contributed by atoms with van der Waals surface area (Å²) in [6.07, 6.45) is 0. The number of carbonyl (C=O) groups is 1. The molecule has 0 bridgehead atoms. The Hall–Kier alpha value is -0.863. The normalized spacial score (nSPS) is 9.74. The van der Waals surface area contributed by atoms with E-state index < -0.39 is 5.97 Å². The predicted molar refractivity (Wildman–Crippen MR) is 71.2 cm³/mol. The molecule has 0 unspecified atom stereocenters. The second-order valence-corrected chi connectivity index (χ2v) is 5.34. The fourth-order valence-corrected chi connectivity index (χ4v) is 3.32. The minimum Gasteiger partial charge on any atom is -0.545 e. The van der Waals surface area contributed by atoms with E-state index in [0.29, 0.717) is 10.6 Å². The molecule has 0 aliphatic carbocycles. The van der Waals surface area contributed by atoms with Crippen LogP contribution in [-0.2, 0) is 5.75 Å². The van der Waals surface area contributed by atoms with Gasteiger partial charge in [0.2, 0.25) is 0 Å². The van der Waals surface area contributed by atoms with Gasteiger partial charge in [-0.25, -0.2) is 0 Å². The first-order chi connectivity index (χ1) is 8.72. The van der Waals surface area contributed by atoms with E-state index in [1.54, 1.807) is 29.5 Å². The van der Waals surface area contributed by atoms with Crippen LogP contribution in [0.3, 0.4) is 0 Å². The van der Waals surface area contributed by atoms with Crippen LogP contribution >= 0.6 is 23.1 Å². The molecule has 0 aliphatic rings. The van der Waals surface area contributed by atoms with Crippen molar-refractivity contribution in [3.63, 3.8) is 0 Å². The van der Waals surface area contributed by atoms with Gasteiger partial charge in [0, 0.05) is 10.6 Å². The first kappa shape index (κ1) is 16.2. The number of thiophene rings is 1. The Morgan fingerprint density at radius 3 is 2.79 bits per heavy atom. The first-order valence-electron chi connectivity index (χ1n) is 5.24. The molecule has 94 valence electrons. The maximum absolute atomic E-state index is 11.2. The topological polar surface area (TPSA) is 49.4 Å². The van der Waals surface area contributed by atoms with Crippen molar-refractivity contribution in [1.29, 1.82) is 0 Å². The molecule has 2 rings (SSSR count). The van der Waals surface area contributed by atoms with Gasteiger partial charge in [0.15, 0.2) is 0 Å². The molecular formula is C13H11LiO3S2. The molecule has 0 N–H and O–H groups in total. The Morgan fingerprint density at radius 1 is 1.42 bits per heavy atom. The summed E-state index contributed by atoms with van der Waals surface area (Å²) in [5, 5.41) is 15.2. The summed E-state index contributed by atoms with van der Waals surface area (Å²) in [6.45, 7) is 0.